The Kier molecular flexibility index (Phi) is 7.01. The predicted octanol–water partition coefficient (Wildman–Crippen LogP) is 3.89. The second kappa shape index (κ2) is 9.22. The molecule has 0 radical (unpaired) electrons. The molecule has 1 N–H and O–H groups in total. The van der Waals surface area contributed by atoms with E-state index in [4.69, 9.17) is 14.2 Å². The van der Waals surface area contributed by atoms with Gasteiger partial charge in [-0.15, -0.1) is 11.8 Å². The monoisotopic (exact) mass is 361 g/mol. The molecule has 0 aliphatic rings. The number of carbonyl (C=O) groups excluding carboxylic acids is 1. The minimum Gasteiger partial charge on any atom is -0.497 e. The van der Waals surface area contributed by atoms with Gasteiger partial charge in [-0.3, -0.25) is 4.79 Å². The van der Waals surface area contributed by atoms with Crippen LogP contribution in [0.15, 0.2) is 36.4 Å². The lowest BCUT2D eigenvalue weighted by molar-refractivity contribution is -0.113. The maximum absolute atomic E-state index is 12.1. The molecular weight excluding hydrogens is 338 g/mol. The first-order chi connectivity index (χ1) is 12.1. The van der Waals surface area contributed by atoms with Crippen LogP contribution in [0.1, 0.15) is 11.1 Å². The summed E-state index contributed by atoms with van der Waals surface area (Å²) in [5.41, 5.74) is 2.96. The molecule has 5 nitrogen and oxygen atoms in total. The first-order valence-electron chi connectivity index (χ1n) is 7.80. The van der Waals surface area contributed by atoms with Gasteiger partial charge in [0.1, 0.15) is 5.75 Å². The SMILES string of the molecule is COc1cccc(NC(=O)CSCc2cc(OC)c(OC)cc2C)c1. The molecule has 0 heterocycles. The summed E-state index contributed by atoms with van der Waals surface area (Å²) in [7, 11) is 4.84. The van der Waals surface area contributed by atoms with E-state index in [1.54, 1.807) is 39.2 Å². The standard InChI is InChI=1S/C19H23NO4S/c1-13-8-17(23-3)18(24-4)9-14(13)11-25-12-19(21)20-15-6-5-7-16(10-15)22-2/h5-10H,11-12H2,1-4H3,(H,20,21). The quantitative estimate of drug-likeness (QED) is 0.773. The largest absolute Gasteiger partial charge is 0.497 e. The van der Waals surface area contributed by atoms with Gasteiger partial charge in [0, 0.05) is 17.5 Å². The molecule has 134 valence electrons. The van der Waals surface area contributed by atoms with E-state index in [9.17, 15) is 4.79 Å². The minimum absolute atomic E-state index is 0.0450. The molecule has 0 saturated heterocycles. The molecule has 25 heavy (non-hydrogen) atoms. The van der Waals surface area contributed by atoms with Crippen molar-refractivity contribution in [2.24, 2.45) is 0 Å². The van der Waals surface area contributed by atoms with Gasteiger partial charge in [0.05, 0.1) is 27.1 Å². The Labute approximate surface area is 152 Å². The van der Waals surface area contributed by atoms with Gasteiger partial charge in [-0.25, -0.2) is 0 Å². The van der Waals surface area contributed by atoms with Crippen molar-refractivity contribution in [2.75, 3.05) is 32.4 Å². The fourth-order valence-corrected chi connectivity index (χ4v) is 3.22. The van der Waals surface area contributed by atoms with Crippen LogP contribution < -0.4 is 19.5 Å². The number of amides is 1. The molecule has 1 amide bonds. The van der Waals surface area contributed by atoms with Crippen LogP contribution in [-0.2, 0) is 10.5 Å². The van der Waals surface area contributed by atoms with Crippen molar-refractivity contribution in [3.05, 3.63) is 47.5 Å². The van der Waals surface area contributed by atoms with Crippen LogP contribution in [0.5, 0.6) is 17.2 Å². The van der Waals surface area contributed by atoms with E-state index in [1.165, 1.54) is 0 Å². The van der Waals surface area contributed by atoms with E-state index in [0.29, 0.717) is 23.0 Å². The number of nitrogens with one attached hydrogen (secondary N) is 1. The van der Waals surface area contributed by atoms with E-state index in [1.807, 2.05) is 37.3 Å². The molecule has 2 aromatic rings. The molecule has 0 spiro atoms. The number of hydrogen-bond acceptors (Lipinski definition) is 5. The van der Waals surface area contributed by atoms with Crippen LogP contribution in [0.3, 0.4) is 0 Å². The summed E-state index contributed by atoms with van der Waals surface area (Å²) < 4.78 is 15.8. The zero-order valence-corrected chi connectivity index (χ0v) is 15.7. The van der Waals surface area contributed by atoms with Gasteiger partial charge in [0.25, 0.3) is 0 Å². The van der Waals surface area contributed by atoms with Gasteiger partial charge < -0.3 is 19.5 Å². The number of ether oxygens (including phenoxy) is 3. The number of thioether (sulfide) groups is 1. The number of benzene rings is 2. The lowest BCUT2D eigenvalue weighted by Crippen LogP contribution is -2.14. The van der Waals surface area contributed by atoms with Crippen LogP contribution in [0, 0.1) is 6.92 Å². The van der Waals surface area contributed by atoms with Crippen molar-refractivity contribution in [3.8, 4) is 17.2 Å². The first kappa shape index (κ1) is 19.0. The molecule has 0 unspecified atom stereocenters. The zero-order chi connectivity index (χ0) is 18.2. The van der Waals surface area contributed by atoms with Gasteiger partial charge in [0.2, 0.25) is 5.91 Å². The summed E-state index contributed by atoms with van der Waals surface area (Å²) in [6.07, 6.45) is 0. The topological polar surface area (TPSA) is 56.8 Å². The molecule has 0 aliphatic heterocycles. The number of hydrogen-bond donors (Lipinski definition) is 1. The summed E-state index contributed by atoms with van der Waals surface area (Å²) in [5, 5.41) is 2.87. The molecule has 0 aromatic heterocycles. The molecule has 0 fully saturated rings. The average Bonchev–Trinajstić information content (AvgIpc) is 2.62. The fraction of sp³-hybridized carbons (Fsp3) is 0.316. The highest BCUT2D eigenvalue weighted by Crippen LogP contribution is 2.31. The van der Waals surface area contributed by atoms with Crippen molar-refractivity contribution in [1.82, 2.24) is 0 Å². The Morgan fingerprint density at radius 1 is 1.04 bits per heavy atom. The van der Waals surface area contributed by atoms with E-state index >= 15 is 0 Å². The fourth-order valence-electron chi connectivity index (χ4n) is 2.33. The average molecular weight is 361 g/mol. The number of carbonyl (C=O) groups is 1. The maximum atomic E-state index is 12.1. The Bertz CT molecular complexity index is 733. The third-order valence-corrected chi connectivity index (χ3v) is 4.67. The summed E-state index contributed by atoms with van der Waals surface area (Å²) >= 11 is 1.55. The van der Waals surface area contributed by atoms with Crippen molar-refractivity contribution in [3.63, 3.8) is 0 Å². The van der Waals surface area contributed by atoms with Crippen molar-refractivity contribution in [1.29, 1.82) is 0 Å². The summed E-state index contributed by atoms with van der Waals surface area (Å²) in [4.78, 5) is 12.1. The first-order valence-corrected chi connectivity index (χ1v) is 8.96. The number of anilines is 1. The summed E-state index contributed by atoms with van der Waals surface area (Å²) in [5.74, 6) is 3.17. The molecule has 6 heteroatoms. The van der Waals surface area contributed by atoms with E-state index in [-0.39, 0.29) is 5.91 Å². The van der Waals surface area contributed by atoms with Crippen molar-refractivity contribution < 1.29 is 19.0 Å². The molecule has 0 saturated carbocycles. The molecule has 0 bridgehead atoms. The second-order valence-corrected chi connectivity index (χ2v) is 6.39. The van der Waals surface area contributed by atoms with Gasteiger partial charge in [0.15, 0.2) is 11.5 Å². The Hall–Kier alpha value is -2.34. The number of methoxy groups -OCH3 is 3. The summed E-state index contributed by atoms with van der Waals surface area (Å²) in [6.45, 7) is 2.02. The van der Waals surface area contributed by atoms with E-state index in [2.05, 4.69) is 5.32 Å². The number of rotatable bonds is 8. The van der Waals surface area contributed by atoms with E-state index < -0.39 is 0 Å². The zero-order valence-electron chi connectivity index (χ0n) is 14.9. The van der Waals surface area contributed by atoms with E-state index in [0.717, 1.165) is 22.6 Å². The maximum Gasteiger partial charge on any atom is 0.234 e. The normalized spacial score (nSPS) is 10.2. The number of aryl methyl sites for hydroxylation is 1. The minimum atomic E-state index is -0.0450. The highest BCUT2D eigenvalue weighted by molar-refractivity contribution is 7.99. The Morgan fingerprint density at radius 2 is 1.76 bits per heavy atom. The van der Waals surface area contributed by atoms with Gasteiger partial charge in [-0.05, 0) is 42.3 Å². The van der Waals surface area contributed by atoms with Crippen LogP contribution >= 0.6 is 11.8 Å². The van der Waals surface area contributed by atoms with Crippen molar-refractivity contribution >= 4 is 23.4 Å². The molecular formula is C19H23NO4S. The third-order valence-electron chi connectivity index (χ3n) is 3.69. The summed E-state index contributed by atoms with van der Waals surface area (Å²) in [6, 6.07) is 11.2. The lowest BCUT2D eigenvalue weighted by Gasteiger charge is -2.12. The Morgan fingerprint density at radius 3 is 2.44 bits per heavy atom. The predicted molar refractivity (Wildman–Crippen MR) is 102 cm³/mol. The molecule has 2 aromatic carbocycles. The smallest absolute Gasteiger partial charge is 0.234 e. The molecule has 2 rings (SSSR count). The van der Waals surface area contributed by atoms with Gasteiger partial charge in [-0.2, -0.15) is 0 Å². The van der Waals surface area contributed by atoms with Crippen LogP contribution in [0.25, 0.3) is 0 Å². The van der Waals surface area contributed by atoms with Crippen molar-refractivity contribution in [2.45, 2.75) is 12.7 Å². The third kappa shape index (κ3) is 5.32. The molecule has 0 aliphatic carbocycles. The van der Waals surface area contributed by atoms with Gasteiger partial charge in [-0.1, -0.05) is 6.07 Å². The Balaban J connectivity index is 1.90. The highest BCUT2D eigenvalue weighted by atomic mass is 32.2. The lowest BCUT2D eigenvalue weighted by atomic mass is 10.1. The van der Waals surface area contributed by atoms with Crippen LogP contribution in [0.2, 0.25) is 0 Å². The second-order valence-electron chi connectivity index (χ2n) is 5.41. The van der Waals surface area contributed by atoms with Crippen LogP contribution in [-0.4, -0.2) is 33.0 Å². The van der Waals surface area contributed by atoms with Crippen LogP contribution in [0.4, 0.5) is 5.69 Å². The molecule has 0 atom stereocenters. The van der Waals surface area contributed by atoms with Gasteiger partial charge >= 0.3 is 0 Å². The highest BCUT2D eigenvalue weighted by Gasteiger charge is 2.10.